The first-order valence-electron chi connectivity index (χ1n) is 4.65. The monoisotopic (exact) mass is 280 g/mol. The van der Waals surface area contributed by atoms with Gasteiger partial charge in [-0.3, -0.25) is 4.57 Å². The van der Waals surface area contributed by atoms with Crippen LogP contribution in [0.15, 0.2) is 52.0 Å². The third-order valence-electron chi connectivity index (χ3n) is 1.94. The van der Waals surface area contributed by atoms with Crippen molar-refractivity contribution < 1.29 is 4.74 Å². The maximum absolute atomic E-state index is 11.3. The number of para-hydroxylation sites is 1. The number of hydrogen-bond acceptors (Lipinski definition) is 3. The molecule has 0 aliphatic carbocycles. The van der Waals surface area contributed by atoms with Gasteiger partial charge in [-0.2, -0.15) is 0 Å². The van der Waals surface area contributed by atoms with Crippen LogP contribution in [0.1, 0.15) is 0 Å². The van der Waals surface area contributed by atoms with Crippen molar-refractivity contribution in [2.75, 3.05) is 0 Å². The molecular weight excluding hydrogens is 272 g/mol. The molecule has 1 heterocycles. The molecule has 0 saturated carbocycles. The fourth-order valence-corrected chi connectivity index (χ4v) is 1.53. The fourth-order valence-electron chi connectivity index (χ4n) is 1.18. The average Bonchev–Trinajstić information content (AvgIpc) is 2.32. The van der Waals surface area contributed by atoms with Crippen molar-refractivity contribution in [2.45, 2.75) is 6.73 Å². The van der Waals surface area contributed by atoms with Gasteiger partial charge in [0.25, 0.3) is 0 Å². The van der Waals surface area contributed by atoms with Gasteiger partial charge in [-0.05, 0) is 28.1 Å². The average molecular weight is 281 g/mol. The van der Waals surface area contributed by atoms with E-state index >= 15 is 0 Å². The van der Waals surface area contributed by atoms with E-state index in [2.05, 4.69) is 20.9 Å². The Morgan fingerprint density at radius 1 is 1.31 bits per heavy atom. The third-order valence-corrected chi connectivity index (χ3v) is 2.35. The first-order valence-corrected chi connectivity index (χ1v) is 5.45. The summed E-state index contributed by atoms with van der Waals surface area (Å²) in [5, 5.41) is 0. The molecular formula is C11H9BrN2O2. The van der Waals surface area contributed by atoms with Crippen molar-refractivity contribution in [2.24, 2.45) is 0 Å². The lowest BCUT2D eigenvalue weighted by atomic mass is 10.3. The van der Waals surface area contributed by atoms with Crippen LogP contribution in [0.25, 0.3) is 0 Å². The molecule has 82 valence electrons. The predicted octanol–water partition coefficient (Wildman–Crippen LogP) is 2.04. The number of nitrogens with zero attached hydrogens (tertiary/aromatic N) is 2. The summed E-state index contributed by atoms with van der Waals surface area (Å²) in [5.41, 5.74) is -0.334. The van der Waals surface area contributed by atoms with Gasteiger partial charge in [0.2, 0.25) is 0 Å². The molecule has 2 rings (SSSR count). The molecule has 0 N–H and O–H groups in total. The van der Waals surface area contributed by atoms with Crippen LogP contribution >= 0.6 is 15.9 Å². The summed E-state index contributed by atoms with van der Waals surface area (Å²) in [5.74, 6) is 0.717. The van der Waals surface area contributed by atoms with E-state index in [1.165, 1.54) is 10.8 Å². The Morgan fingerprint density at radius 2 is 2.06 bits per heavy atom. The second-order valence-electron chi connectivity index (χ2n) is 3.11. The van der Waals surface area contributed by atoms with Gasteiger partial charge >= 0.3 is 5.69 Å². The number of halogens is 1. The predicted molar refractivity (Wildman–Crippen MR) is 63.3 cm³/mol. The van der Waals surface area contributed by atoms with Crippen molar-refractivity contribution in [1.82, 2.24) is 9.55 Å². The molecule has 16 heavy (non-hydrogen) atoms. The smallest absolute Gasteiger partial charge is 0.350 e. The highest BCUT2D eigenvalue weighted by Gasteiger charge is 1.98. The van der Waals surface area contributed by atoms with Crippen molar-refractivity contribution in [3.63, 3.8) is 0 Å². The quantitative estimate of drug-likeness (QED) is 0.864. The van der Waals surface area contributed by atoms with Crippen molar-refractivity contribution in [3.05, 3.63) is 57.7 Å². The summed E-state index contributed by atoms with van der Waals surface area (Å²) >= 11 is 3.24. The minimum atomic E-state index is -0.334. The summed E-state index contributed by atoms with van der Waals surface area (Å²) < 4.78 is 7.56. The molecule has 0 unspecified atom stereocenters. The van der Waals surface area contributed by atoms with Crippen LogP contribution in [0.4, 0.5) is 0 Å². The largest absolute Gasteiger partial charge is 0.473 e. The first kappa shape index (κ1) is 10.9. The zero-order valence-electron chi connectivity index (χ0n) is 8.34. The highest BCUT2D eigenvalue weighted by atomic mass is 79.9. The summed E-state index contributed by atoms with van der Waals surface area (Å²) in [4.78, 5) is 15.0. The molecule has 0 aliphatic heterocycles. The maximum Gasteiger partial charge on any atom is 0.350 e. The number of rotatable bonds is 3. The molecule has 0 atom stereocenters. The van der Waals surface area contributed by atoms with Gasteiger partial charge < -0.3 is 4.74 Å². The van der Waals surface area contributed by atoms with Crippen LogP contribution in [-0.4, -0.2) is 9.55 Å². The number of ether oxygens (including phenoxy) is 1. The summed E-state index contributed by atoms with van der Waals surface area (Å²) in [7, 11) is 0. The molecule has 0 spiro atoms. The molecule has 0 fully saturated rings. The lowest BCUT2D eigenvalue weighted by molar-refractivity contribution is 0.229. The molecule has 4 nitrogen and oxygen atoms in total. The molecule has 0 amide bonds. The van der Waals surface area contributed by atoms with E-state index in [1.807, 2.05) is 30.3 Å². The number of benzene rings is 1. The van der Waals surface area contributed by atoms with E-state index < -0.39 is 0 Å². The van der Waals surface area contributed by atoms with Gasteiger partial charge in [-0.15, -0.1) is 0 Å². The van der Waals surface area contributed by atoms with Crippen LogP contribution in [0, 0.1) is 0 Å². The van der Waals surface area contributed by atoms with E-state index in [4.69, 9.17) is 4.74 Å². The Morgan fingerprint density at radius 3 is 2.81 bits per heavy atom. The van der Waals surface area contributed by atoms with Gasteiger partial charge in [0.15, 0.2) is 6.73 Å². The van der Waals surface area contributed by atoms with E-state index in [-0.39, 0.29) is 12.4 Å². The van der Waals surface area contributed by atoms with Crippen molar-refractivity contribution in [3.8, 4) is 5.75 Å². The van der Waals surface area contributed by atoms with Crippen LogP contribution in [0.3, 0.4) is 0 Å². The number of aromatic nitrogens is 2. The molecule has 0 saturated heterocycles. The van der Waals surface area contributed by atoms with Crippen LogP contribution in [0.2, 0.25) is 0 Å². The second kappa shape index (κ2) is 4.94. The normalized spacial score (nSPS) is 10.1. The second-order valence-corrected chi connectivity index (χ2v) is 4.03. The van der Waals surface area contributed by atoms with Crippen molar-refractivity contribution >= 4 is 15.9 Å². The van der Waals surface area contributed by atoms with Gasteiger partial charge in [0.05, 0.1) is 4.47 Å². The Labute approximate surface area is 101 Å². The summed E-state index contributed by atoms with van der Waals surface area (Å²) in [6, 6.07) is 9.31. The molecule has 2 aromatic rings. The fraction of sp³-hybridized carbons (Fsp3) is 0.0909. The van der Waals surface area contributed by atoms with Gasteiger partial charge in [0, 0.05) is 12.4 Å². The Bertz CT molecular complexity index is 525. The van der Waals surface area contributed by atoms with Crippen LogP contribution in [0.5, 0.6) is 5.75 Å². The number of hydrogen-bond donors (Lipinski definition) is 0. The SMILES string of the molecule is O=c1ncc(Br)cn1COc1ccccc1. The summed E-state index contributed by atoms with van der Waals surface area (Å²) in [6.45, 7) is 0.148. The Kier molecular flexibility index (Phi) is 3.36. The molecule has 1 aromatic carbocycles. The highest BCUT2D eigenvalue weighted by Crippen LogP contribution is 2.09. The highest BCUT2D eigenvalue weighted by molar-refractivity contribution is 9.10. The van der Waals surface area contributed by atoms with E-state index in [1.54, 1.807) is 6.20 Å². The third kappa shape index (κ3) is 2.70. The topological polar surface area (TPSA) is 44.1 Å². The maximum atomic E-state index is 11.3. The molecule has 5 heteroatoms. The lowest BCUT2D eigenvalue weighted by Gasteiger charge is -2.07. The molecule has 0 aliphatic rings. The minimum Gasteiger partial charge on any atom is -0.473 e. The van der Waals surface area contributed by atoms with Gasteiger partial charge in [-0.1, -0.05) is 18.2 Å². The zero-order chi connectivity index (χ0) is 11.4. The minimum absolute atomic E-state index is 0.148. The summed E-state index contributed by atoms with van der Waals surface area (Å²) in [6.07, 6.45) is 3.10. The van der Waals surface area contributed by atoms with Crippen molar-refractivity contribution in [1.29, 1.82) is 0 Å². The molecule has 0 bridgehead atoms. The van der Waals surface area contributed by atoms with Gasteiger partial charge in [0.1, 0.15) is 5.75 Å². The Hall–Kier alpha value is -1.62. The Balaban J connectivity index is 2.11. The van der Waals surface area contributed by atoms with Crippen LogP contribution in [-0.2, 0) is 6.73 Å². The van der Waals surface area contributed by atoms with Gasteiger partial charge in [-0.25, -0.2) is 9.78 Å². The molecule has 0 radical (unpaired) electrons. The molecule has 1 aromatic heterocycles. The lowest BCUT2D eigenvalue weighted by Crippen LogP contribution is -2.24. The first-order chi connectivity index (χ1) is 7.75. The zero-order valence-corrected chi connectivity index (χ0v) is 9.92. The van der Waals surface area contributed by atoms with E-state index in [0.717, 1.165) is 10.2 Å². The van der Waals surface area contributed by atoms with E-state index in [9.17, 15) is 4.79 Å². The standard InChI is InChI=1S/C11H9BrN2O2/c12-9-6-13-11(15)14(7-9)8-16-10-4-2-1-3-5-10/h1-7H,8H2. The van der Waals surface area contributed by atoms with E-state index in [0.29, 0.717) is 0 Å². The van der Waals surface area contributed by atoms with Crippen LogP contribution < -0.4 is 10.4 Å².